The van der Waals surface area contributed by atoms with E-state index >= 15 is 8.78 Å². The fourth-order valence-corrected chi connectivity index (χ4v) is 3.05. The number of benzene rings is 2. The number of halogens is 2. The molecule has 0 unspecified atom stereocenters. The van der Waals surface area contributed by atoms with Crippen LogP contribution in [0.25, 0.3) is 0 Å². The second-order valence-electron chi connectivity index (χ2n) is 8.05. The zero-order chi connectivity index (χ0) is 20.9. The molecule has 0 aromatic heterocycles. The van der Waals surface area contributed by atoms with Crippen LogP contribution < -0.4 is 0 Å². The topological polar surface area (TPSA) is 29.5 Å². The maximum Gasteiger partial charge on any atom is 0.379 e. The van der Waals surface area contributed by atoms with Crippen molar-refractivity contribution in [2.45, 2.75) is 64.8 Å². The summed E-state index contributed by atoms with van der Waals surface area (Å²) in [5.41, 5.74) is 0.831. The van der Waals surface area contributed by atoms with E-state index in [2.05, 4.69) is 0 Å². The fourth-order valence-electron chi connectivity index (χ4n) is 3.05. The minimum absolute atomic E-state index is 0.288. The Labute approximate surface area is 166 Å². The second-order valence-corrected chi connectivity index (χ2v) is 8.05. The van der Waals surface area contributed by atoms with Gasteiger partial charge in [0.15, 0.2) is 0 Å². The first kappa shape index (κ1) is 22.0. The van der Waals surface area contributed by atoms with Crippen LogP contribution in [0.1, 0.15) is 51.8 Å². The van der Waals surface area contributed by atoms with Gasteiger partial charge in [0.1, 0.15) is 5.60 Å². The zero-order valence-electron chi connectivity index (χ0n) is 17.2. The minimum atomic E-state index is -3.65. The van der Waals surface area contributed by atoms with Crippen molar-refractivity contribution in [1.29, 1.82) is 0 Å². The van der Waals surface area contributed by atoms with E-state index in [1.807, 2.05) is 67.6 Å². The lowest BCUT2D eigenvalue weighted by molar-refractivity contribution is -0.194. The zero-order valence-corrected chi connectivity index (χ0v) is 17.2. The first-order chi connectivity index (χ1) is 13.0. The van der Waals surface area contributed by atoms with E-state index in [0.29, 0.717) is 0 Å². The van der Waals surface area contributed by atoms with Crippen molar-refractivity contribution in [3.63, 3.8) is 0 Å². The highest BCUT2D eigenvalue weighted by atomic mass is 19.3. The molecule has 0 saturated heterocycles. The normalized spacial score (nSPS) is 14.6. The van der Waals surface area contributed by atoms with E-state index < -0.39 is 23.5 Å². The van der Waals surface area contributed by atoms with Crippen molar-refractivity contribution >= 4 is 5.97 Å². The number of hydrogen-bond donors (Lipinski definition) is 0. The van der Waals surface area contributed by atoms with Crippen LogP contribution in [-0.2, 0) is 16.1 Å². The predicted octanol–water partition coefficient (Wildman–Crippen LogP) is 5.62. The van der Waals surface area contributed by atoms with Crippen LogP contribution in [0.4, 0.5) is 8.78 Å². The molecule has 2 aromatic rings. The van der Waals surface area contributed by atoms with Crippen molar-refractivity contribution in [2.24, 2.45) is 0 Å². The van der Waals surface area contributed by atoms with E-state index in [1.165, 1.54) is 6.92 Å². The van der Waals surface area contributed by atoms with Gasteiger partial charge in [-0.1, -0.05) is 60.7 Å². The number of hydrogen-bond acceptors (Lipinski definition) is 3. The van der Waals surface area contributed by atoms with Gasteiger partial charge in [0.2, 0.25) is 0 Å². The molecule has 2 atom stereocenters. The molecule has 152 valence electrons. The van der Waals surface area contributed by atoms with E-state index in [-0.39, 0.29) is 12.6 Å². The molecule has 0 aliphatic heterocycles. The molecule has 0 N–H and O–H groups in total. The number of rotatable bonds is 7. The second kappa shape index (κ2) is 8.82. The van der Waals surface area contributed by atoms with E-state index in [1.54, 1.807) is 25.7 Å². The summed E-state index contributed by atoms with van der Waals surface area (Å²) in [4.78, 5) is 13.9. The summed E-state index contributed by atoms with van der Waals surface area (Å²) in [6.45, 7) is 8.29. The highest BCUT2D eigenvalue weighted by Crippen LogP contribution is 2.33. The van der Waals surface area contributed by atoms with Crippen LogP contribution in [0.15, 0.2) is 60.7 Å². The van der Waals surface area contributed by atoms with Crippen molar-refractivity contribution in [3.8, 4) is 0 Å². The Bertz CT molecular complexity index is 757. The first-order valence-corrected chi connectivity index (χ1v) is 9.48. The number of ether oxygens (including phenoxy) is 1. The molecular weight excluding hydrogens is 360 g/mol. The molecule has 2 aromatic carbocycles. The Balaban J connectivity index is 2.35. The van der Waals surface area contributed by atoms with Crippen LogP contribution in [0.2, 0.25) is 0 Å². The molecule has 0 fully saturated rings. The third-order valence-corrected chi connectivity index (χ3v) is 4.68. The Hall–Kier alpha value is -2.27. The Morgan fingerprint density at radius 3 is 1.96 bits per heavy atom. The minimum Gasteiger partial charge on any atom is -0.455 e. The standard InChI is InChI=1S/C23H29F2NO2/c1-17(20-14-10-7-11-15-20)26(16-19-12-8-6-9-13-19)18(2)23(24,25)21(27)28-22(3,4)5/h6-15,17-18H,16H2,1-5H3/t17-,18-/m0/s1. The van der Waals surface area contributed by atoms with E-state index in [4.69, 9.17) is 4.74 Å². The number of alkyl halides is 2. The maximum absolute atomic E-state index is 15.1. The average molecular weight is 389 g/mol. The summed E-state index contributed by atoms with van der Waals surface area (Å²) < 4.78 is 35.1. The first-order valence-electron chi connectivity index (χ1n) is 9.48. The van der Waals surface area contributed by atoms with Crippen molar-refractivity contribution in [1.82, 2.24) is 4.90 Å². The van der Waals surface area contributed by atoms with Gasteiger partial charge in [-0.05, 0) is 45.7 Å². The Kier molecular flexibility index (Phi) is 6.94. The lowest BCUT2D eigenvalue weighted by atomic mass is 10.0. The Morgan fingerprint density at radius 2 is 1.46 bits per heavy atom. The highest BCUT2D eigenvalue weighted by molar-refractivity contribution is 5.78. The number of carbonyl (C=O) groups excluding carboxylic acids is 1. The highest BCUT2D eigenvalue weighted by Gasteiger charge is 2.51. The van der Waals surface area contributed by atoms with Gasteiger partial charge in [-0.3, -0.25) is 4.90 Å². The lowest BCUT2D eigenvalue weighted by Gasteiger charge is -2.38. The van der Waals surface area contributed by atoms with Crippen LogP contribution in [-0.4, -0.2) is 28.4 Å². The third kappa shape index (κ3) is 5.61. The van der Waals surface area contributed by atoms with Crippen LogP contribution in [0.3, 0.4) is 0 Å². The predicted molar refractivity (Wildman–Crippen MR) is 107 cm³/mol. The molecule has 2 rings (SSSR count). The molecule has 0 bridgehead atoms. The van der Waals surface area contributed by atoms with E-state index in [9.17, 15) is 4.79 Å². The summed E-state index contributed by atoms with van der Waals surface area (Å²) in [5.74, 6) is -5.14. The van der Waals surface area contributed by atoms with Crippen molar-refractivity contribution in [2.75, 3.05) is 0 Å². The molecule has 3 nitrogen and oxygen atoms in total. The van der Waals surface area contributed by atoms with Crippen molar-refractivity contribution in [3.05, 3.63) is 71.8 Å². The quantitative estimate of drug-likeness (QED) is 0.576. The summed E-state index contributed by atoms with van der Waals surface area (Å²) in [6.07, 6.45) is 0. The Morgan fingerprint density at radius 1 is 0.964 bits per heavy atom. The van der Waals surface area contributed by atoms with Gasteiger partial charge in [0, 0.05) is 12.6 Å². The molecule has 5 heteroatoms. The summed E-state index contributed by atoms with van der Waals surface area (Å²) in [7, 11) is 0. The van der Waals surface area contributed by atoms with Gasteiger partial charge >= 0.3 is 11.9 Å². The van der Waals surface area contributed by atoms with Crippen LogP contribution >= 0.6 is 0 Å². The van der Waals surface area contributed by atoms with Gasteiger partial charge in [-0.2, -0.15) is 8.78 Å². The molecule has 0 spiro atoms. The molecule has 0 heterocycles. The summed E-state index contributed by atoms with van der Waals surface area (Å²) >= 11 is 0. The smallest absolute Gasteiger partial charge is 0.379 e. The monoisotopic (exact) mass is 389 g/mol. The molecular formula is C23H29F2NO2. The third-order valence-electron chi connectivity index (χ3n) is 4.68. The van der Waals surface area contributed by atoms with Gasteiger partial charge in [0.05, 0.1) is 6.04 Å². The molecule has 0 aliphatic carbocycles. The lowest BCUT2D eigenvalue weighted by Crippen LogP contribution is -2.52. The number of esters is 1. The van der Waals surface area contributed by atoms with Gasteiger partial charge in [0.25, 0.3) is 0 Å². The molecule has 0 aliphatic rings. The average Bonchev–Trinajstić information content (AvgIpc) is 2.65. The molecule has 0 amide bonds. The molecule has 0 radical (unpaired) electrons. The summed E-state index contributed by atoms with van der Waals surface area (Å²) in [6, 6.07) is 17.2. The van der Waals surface area contributed by atoms with Gasteiger partial charge < -0.3 is 4.74 Å². The summed E-state index contributed by atoms with van der Waals surface area (Å²) in [5, 5.41) is 0. The molecule has 0 saturated carbocycles. The SMILES string of the molecule is C[C@H](N(Cc1ccccc1)[C@@H](C)c1ccccc1)C(F)(F)C(=O)OC(C)(C)C. The number of carbonyl (C=O) groups is 1. The van der Waals surface area contributed by atoms with E-state index in [0.717, 1.165) is 11.1 Å². The van der Waals surface area contributed by atoms with Crippen molar-refractivity contribution < 1.29 is 18.3 Å². The molecule has 28 heavy (non-hydrogen) atoms. The fraction of sp³-hybridized carbons (Fsp3) is 0.435. The maximum atomic E-state index is 15.1. The van der Waals surface area contributed by atoms with Gasteiger partial charge in [-0.15, -0.1) is 0 Å². The van der Waals surface area contributed by atoms with Crippen LogP contribution in [0, 0.1) is 0 Å². The number of nitrogens with zero attached hydrogens (tertiary/aromatic N) is 1. The van der Waals surface area contributed by atoms with Crippen LogP contribution in [0.5, 0.6) is 0 Å². The van der Waals surface area contributed by atoms with Gasteiger partial charge in [-0.25, -0.2) is 4.79 Å². The largest absolute Gasteiger partial charge is 0.455 e.